The molecule has 0 aromatic heterocycles. The molecule has 2 atom stereocenters. The smallest absolute Gasteiger partial charge is 0.308 e. The molecule has 1 aromatic rings. The lowest BCUT2D eigenvalue weighted by atomic mass is 10.1. The molecule has 5 nitrogen and oxygen atoms in total. The van der Waals surface area contributed by atoms with Crippen LogP contribution in [-0.2, 0) is 20.9 Å². The Balaban J connectivity index is 2.16. The Morgan fingerprint density at radius 2 is 1.90 bits per heavy atom. The van der Waals surface area contributed by atoms with Crippen LogP contribution in [-0.4, -0.2) is 41.6 Å². The van der Waals surface area contributed by atoms with Crippen LogP contribution in [0.1, 0.15) is 25.3 Å². The summed E-state index contributed by atoms with van der Waals surface area (Å²) in [4.78, 5) is 11.1. The van der Waals surface area contributed by atoms with Gasteiger partial charge in [0.05, 0.1) is 38.4 Å². The fourth-order valence-corrected chi connectivity index (χ4v) is 1.76. The van der Waals surface area contributed by atoms with E-state index < -0.39 is 18.2 Å². The van der Waals surface area contributed by atoms with Crippen LogP contribution in [0.2, 0.25) is 0 Å². The number of hydrogen-bond donors (Lipinski definition) is 2. The largest absolute Gasteiger partial charge is 0.466 e. The van der Waals surface area contributed by atoms with Gasteiger partial charge in [-0.15, -0.1) is 0 Å². The van der Waals surface area contributed by atoms with Gasteiger partial charge in [0.25, 0.3) is 0 Å². The highest BCUT2D eigenvalue weighted by Crippen LogP contribution is 2.06. The van der Waals surface area contributed by atoms with Crippen LogP contribution in [0.5, 0.6) is 0 Å². The van der Waals surface area contributed by atoms with Crippen molar-refractivity contribution in [2.75, 3.05) is 13.2 Å². The first-order chi connectivity index (χ1) is 9.61. The van der Waals surface area contributed by atoms with E-state index >= 15 is 0 Å². The number of esters is 1. The minimum atomic E-state index is -0.913. The molecule has 0 amide bonds. The minimum absolute atomic E-state index is 0.0909. The van der Waals surface area contributed by atoms with Crippen molar-refractivity contribution in [1.82, 2.24) is 0 Å². The zero-order valence-corrected chi connectivity index (χ0v) is 11.7. The first-order valence-electron chi connectivity index (χ1n) is 6.75. The molecule has 0 aliphatic rings. The van der Waals surface area contributed by atoms with E-state index in [9.17, 15) is 15.0 Å². The van der Waals surface area contributed by atoms with Crippen molar-refractivity contribution < 1.29 is 24.5 Å². The molecule has 112 valence electrons. The molecule has 0 heterocycles. The molecule has 1 aromatic carbocycles. The summed E-state index contributed by atoms with van der Waals surface area (Å²) in [6, 6.07) is 9.62. The number of carbonyl (C=O) groups is 1. The van der Waals surface area contributed by atoms with E-state index in [1.807, 2.05) is 30.3 Å². The Bertz CT molecular complexity index is 379. The zero-order chi connectivity index (χ0) is 14.8. The summed E-state index contributed by atoms with van der Waals surface area (Å²) < 4.78 is 10.1. The minimum Gasteiger partial charge on any atom is -0.466 e. The number of aliphatic hydroxyl groups excluding tert-OH is 2. The van der Waals surface area contributed by atoms with Crippen LogP contribution in [0.4, 0.5) is 0 Å². The first-order valence-corrected chi connectivity index (χ1v) is 6.75. The van der Waals surface area contributed by atoms with Crippen molar-refractivity contribution >= 4 is 5.97 Å². The topological polar surface area (TPSA) is 76.0 Å². The molecule has 0 bridgehead atoms. The Morgan fingerprint density at radius 3 is 2.55 bits per heavy atom. The highest BCUT2D eigenvalue weighted by Gasteiger charge is 2.16. The summed E-state index contributed by atoms with van der Waals surface area (Å²) in [6.07, 6.45) is -1.73. The quantitative estimate of drug-likeness (QED) is 0.667. The maximum Gasteiger partial charge on any atom is 0.308 e. The van der Waals surface area contributed by atoms with Crippen LogP contribution in [0, 0.1) is 0 Å². The molecule has 0 saturated carbocycles. The van der Waals surface area contributed by atoms with Crippen molar-refractivity contribution in [1.29, 1.82) is 0 Å². The Labute approximate surface area is 119 Å². The predicted molar refractivity (Wildman–Crippen MR) is 74.0 cm³/mol. The van der Waals surface area contributed by atoms with Gasteiger partial charge in [0.2, 0.25) is 0 Å². The Kier molecular flexibility index (Phi) is 7.87. The summed E-state index contributed by atoms with van der Waals surface area (Å²) in [7, 11) is 0. The Morgan fingerprint density at radius 1 is 1.20 bits per heavy atom. The third-order valence-electron chi connectivity index (χ3n) is 2.67. The van der Waals surface area contributed by atoms with Gasteiger partial charge < -0.3 is 19.7 Å². The third-order valence-corrected chi connectivity index (χ3v) is 2.67. The lowest BCUT2D eigenvalue weighted by molar-refractivity contribution is -0.145. The normalized spacial score (nSPS) is 13.8. The van der Waals surface area contributed by atoms with E-state index in [1.54, 1.807) is 6.92 Å². The summed E-state index contributed by atoms with van der Waals surface area (Å²) in [6.45, 7) is 2.52. The SMILES string of the molecule is CCOC(=O)C[C@H](O)C[C@@H](O)COCc1ccccc1. The van der Waals surface area contributed by atoms with Gasteiger partial charge in [-0.3, -0.25) is 4.79 Å². The molecule has 0 saturated heterocycles. The van der Waals surface area contributed by atoms with Crippen LogP contribution >= 0.6 is 0 Å². The van der Waals surface area contributed by atoms with Crippen LogP contribution in [0.25, 0.3) is 0 Å². The van der Waals surface area contributed by atoms with Crippen molar-refractivity contribution in [2.24, 2.45) is 0 Å². The average Bonchev–Trinajstić information content (AvgIpc) is 2.39. The van der Waals surface area contributed by atoms with Crippen LogP contribution in [0.15, 0.2) is 30.3 Å². The predicted octanol–water partition coefficient (Wildman–Crippen LogP) is 1.27. The fraction of sp³-hybridized carbons (Fsp3) is 0.533. The molecule has 0 aliphatic carbocycles. The van der Waals surface area contributed by atoms with E-state index in [2.05, 4.69) is 0 Å². The lowest BCUT2D eigenvalue weighted by Gasteiger charge is -2.15. The average molecular weight is 282 g/mol. The van der Waals surface area contributed by atoms with Crippen molar-refractivity contribution in [3.63, 3.8) is 0 Å². The molecular weight excluding hydrogens is 260 g/mol. The molecule has 0 radical (unpaired) electrons. The van der Waals surface area contributed by atoms with Crippen LogP contribution < -0.4 is 0 Å². The van der Waals surface area contributed by atoms with Gasteiger partial charge in [0.1, 0.15) is 0 Å². The second-order valence-corrected chi connectivity index (χ2v) is 4.55. The number of rotatable bonds is 9. The number of ether oxygens (including phenoxy) is 2. The first kappa shape index (κ1) is 16.6. The van der Waals surface area contributed by atoms with Crippen molar-refractivity contribution in [3.05, 3.63) is 35.9 Å². The molecule has 0 aliphatic heterocycles. The molecule has 1 rings (SSSR count). The third kappa shape index (κ3) is 7.23. The molecule has 5 heteroatoms. The summed E-state index contributed by atoms with van der Waals surface area (Å²) in [5, 5.41) is 19.3. The number of benzene rings is 1. The molecule has 0 spiro atoms. The van der Waals surface area contributed by atoms with Gasteiger partial charge in [0, 0.05) is 6.42 Å². The fourth-order valence-electron chi connectivity index (χ4n) is 1.76. The maximum absolute atomic E-state index is 11.1. The second-order valence-electron chi connectivity index (χ2n) is 4.55. The van der Waals surface area contributed by atoms with Gasteiger partial charge in [-0.2, -0.15) is 0 Å². The van der Waals surface area contributed by atoms with E-state index in [4.69, 9.17) is 9.47 Å². The summed E-state index contributed by atoms with van der Waals surface area (Å²) >= 11 is 0. The van der Waals surface area contributed by atoms with Gasteiger partial charge in [-0.05, 0) is 12.5 Å². The molecule has 2 N–H and O–H groups in total. The summed E-state index contributed by atoms with van der Waals surface area (Å²) in [5.74, 6) is -0.461. The van der Waals surface area contributed by atoms with Crippen molar-refractivity contribution in [2.45, 2.75) is 38.6 Å². The second kappa shape index (κ2) is 9.47. The number of aliphatic hydroxyl groups is 2. The van der Waals surface area contributed by atoms with E-state index in [-0.39, 0.29) is 26.1 Å². The summed E-state index contributed by atoms with van der Waals surface area (Å²) in [5.41, 5.74) is 1.02. The highest BCUT2D eigenvalue weighted by molar-refractivity contribution is 5.69. The van der Waals surface area contributed by atoms with E-state index in [0.29, 0.717) is 6.61 Å². The monoisotopic (exact) mass is 282 g/mol. The van der Waals surface area contributed by atoms with E-state index in [0.717, 1.165) is 5.56 Å². The number of carbonyl (C=O) groups excluding carboxylic acids is 1. The van der Waals surface area contributed by atoms with E-state index in [1.165, 1.54) is 0 Å². The zero-order valence-electron chi connectivity index (χ0n) is 11.7. The van der Waals surface area contributed by atoms with Crippen LogP contribution in [0.3, 0.4) is 0 Å². The molecule has 0 fully saturated rings. The Hall–Kier alpha value is -1.43. The lowest BCUT2D eigenvalue weighted by Crippen LogP contribution is -2.25. The van der Waals surface area contributed by atoms with Gasteiger partial charge in [-0.25, -0.2) is 0 Å². The van der Waals surface area contributed by atoms with Gasteiger partial charge in [-0.1, -0.05) is 30.3 Å². The molecule has 20 heavy (non-hydrogen) atoms. The maximum atomic E-state index is 11.1. The molecular formula is C15H22O5. The van der Waals surface area contributed by atoms with Crippen molar-refractivity contribution in [3.8, 4) is 0 Å². The molecule has 0 unspecified atom stereocenters. The van der Waals surface area contributed by atoms with Gasteiger partial charge >= 0.3 is 5.97 Å². The van der Waals surface area contributed by atoms with Gasteiger partial charge in [0.15, 0.2) is 0 Å². The standard InChI is InChI=1S/C15H22O5/c1-2-20-15(18)9-13(16)8-14(17)11-19-10-12-6-4-3-5-7-12/h3-7,13-14,16-17H,2,8-11H2,1H3/t13-,14-/m1/s1. The highest BCUT2D eigenvalue weighted by atomic mass is 16.5. The number of hydrogen-bond acceptors (Lipinski definition) is 5.